The van der Waals surface area contributed by atoms with Gasteiger partial charge in [-0.1, -0.05) is 35.3 Å². The first-order valence-electron chi connectivity index (χ1n) is 6.43. The summed E-state index contributed by atoms with van der Waals surface area (Å²) in [7, 11) is -3.82. The molecular weight excluding hydrogens is 388 g/mol. The summed E-state index contributed by atoms with van der Waals surface area (Å²) in [5, 5.41) is 0.0551. The van der Waals surface area contributed by atoms with Gasteiger partial charge in [0.25, 0.3) is 0 Å². The number of halogens is 5. The van der Waals surface area contributed by atoms with E-state index in [1.54, 1.807) is 24.3 Å². The maximum Gasteiger partial charge on any atom is 0.417 e. The lowest BCUT2D eigenvalue weighted by atomic mass is 10.2. The molecule has 4 nitrogen and oxygen atoms in total. The van der Waals surface area contributed by atoms with Crippen molar-refractivity contribution in [3.63, 3.8) is 0 Å². The molecule has 0 bridgehead atoms. The molecule has 0 unspecified atom stereocenters. The Hall–Kier alpha value is -1.51. The minimum atomic E-state index is -4.62. The normalized spacial score (nSPS) is 12.2. The van der Waals surface area contributed by atoms with Gasteiger partial charge >= 0.3 is 6.18 Å². The molecule has 2 aromatic rings. The Bertz CT molecular complexity index is 840. The van der Waals surface area contributed by atoms with E-state index in [9.17, 15) is 21.6 Å². The number of alkyl halides is 3. The van der Waals surface area contributed by atoms with Gasteiger partial charge in [-0.2, -0.15) is 13.2 Å². The van der Waals surface area contributed by atoms with Crippen LogP contribution >= 0.6 is 23.2 Å². The van der Waals surface area contributed by atoms with Crippen molar-refractivity contribution in [1.29, 1.82) is 0 Å². The summed E-state index contributed by atoms with van der Waals surface area (Å²) >= 11 is 11.6. The maximum absolute atomic E-state index is 12.7. The number of hydrogen-bond donors (Lipinski definition) is 0. The minimum Gasteiger partial charge on any atom is -0.248 e. The average molecular weight is 399 g/mol. The molecule has 0 spiro atoms. The number of hydrogen-bond acceptors (Lipinski definition) is 3. The van der Waals surface area contributed by atoms with Gasteiger partial charge in [-0.3, -0.25) is 0 Å². The zero-order valence-corrected chi connectivity index (χ0v) is 14.5. The Labute approximate surface area is 146 Å². The van der Waals surface area contributed by atoms with Gasteiger partial charge in [-0.15, -0.1) is 0 Å². The first-order chi connectivity index (χ1) is 11.0. The van der Waals surface area contributed by atoms with Crippen LogP contribution in [0.5, 0.6) is 0 Å². The molecule has 0 fully saturated rings. The van der Waals surface area contributed by atoms with Crippen LogP contribution in [0.25, 0.3) is 0 Å². The molecule has 0 saturated carbocycles. The predicted octanol–water partition coefficient (Wildman–Crippen LogP) is 4.37. The minimum absolute atomic E-state index is 0.145. The van der Waals surface area contributed by atoms with E-state index < -0.39 is 26.8 Å². The summed E-state index contributed by atoms with van der Waals surface area (Å²) in [6.07, 6.45) is -3.17. The van der Waals surface area contributed by atoms with Crippen molar-refractivity contribution in [3.8, 4) is 0 Å². The number of anilines is 1. The number of nitrogens with zero attached hydrogens (tertiary/aromatic N) is 2. The number of benzene rings is 1. The van der Waals surface area contributed by atoms with E-state index in [4.69, 9.17) is 23.2 Å². The molecule has 0 radical (unpaired) electrons. The monoisotopic (exact) mass is 398 g/mol. The summed E-state index contributed by atoms with van der Waals surface area (Å²) in [6.45, 7) is -0.145. The summed E-state index contributed by atoms with van der Waals surface area (Å²) in [4.78, 5) is 3.59. The summed E-state index contributed by atoms with van der Waals surface area (Å²) < 4.78 is 62.9. The number of rotatable bonds is 4. The molecule has 1 aromatic heterocycles. The largest absolute Gasteiger partial charge is 0.417 e. The highest BCUT2D eigenvalue weighted by Crippen LogP contribution is 2.34. The Morgan fingerprint density at radius 2 is 1.75 bits per heavy atom. The molecule has 24 heavy (non-hydrogen) atoms. The Morgan fingerprint density at radius 1 is 1.17 bits per heavy atom. The summed E-state index contributed by atoms with van der Waals surface area (Å²) in [6, 6.07) is 6.97. The number of aromatic nitrogens is 1. The van der Waals surface area contributed by atoms with Crippen LogP contribution in [0, 0.1) is 0 Å². The third-order valence-electron chi connectivity index (χ3n) is 3.03. The molecule has 1 aromatic carbocycles. The molecule has 0 atom stereocenters. The van der Waals surface area contributed by atoms with Crippen molar-refractivity contribution >= 4 is 39.0 Å². The topological polar surface area (TPSA) is 50.3 Å². The van der Waals surface area contributed by atoms with Gasteiger partial charge in [0.1, 0.15) is 0 Å². The van der Waals surface area contributed by atoms with Gasteiger partial charge in [-0.05, 0) is 23.8 Å². The van der Waals surface area contributed by atoms with Crippen LogP contribution in [0.3, 0.4) is 0 Å². The lowest BCUT2D eigenvalue weighted by Crippen LogP contribution is -2.30. The standard InChI is InChI=1S/C14H11Cl2F3N2O2S/c1-24(22,23)21(8-9-2-4-11(15)5-3-9)13-12(16)6-10(7-20-13)14(17,18)19/h2-7H,8H2,1H3. The van der Waals surface area contributed by atoms with Crippen molar-refractivity contribution in [2.45, 2.75) is 12.7 Å². The summed E-state index contributed by atoms with van der Waals surface area (Å²) in [5.74, 6) is -0.276. The molecule has 10 heteroatoms. The van der Waals surface area contributed by atoms with Crippen molar-refractivity contribution in [1.82, 2.24) is 4.98 Å². The van der Waals surface area contributed by atoms with E-state index in [0.29, 0.717) is 22.8 Å². The van der Waals surface area contributed by atoms with E-state index in [-0.39, 0.29) is 12.4 Å². The zero-order valence-electron chi connectivity index (χ0n) is 12.2. The van der Waals surface area contributed by atoms with Crippen molar-refractivity contribution in [3.05, 3.63) is 57.7 Å². The van der Waals surface area contributed by atoms with Crippen LogP contribution in [-0.4, -0.2) is 19.7 Å². The first kappa shape index (κ1) is 18.8. The highest BCUT2D eigenvalue weighted by molar-refractivity contribution is 7.92. The average Bonchev–Trinajstić information content (AvgIpc) is 2.45. The lowest BCUT2D eigenvalue weighted by Gasteiger charge is -2.23. The Morgan fingerprint density at radius 3 is 2.21 bits per heavy atom. The Kier molecular flexibility index (Phi) is 5.31. The predicted molar refractivity (Wildman–Crippen MR) is 86.7 cm³/mol. The Balaban J connectivity index is 2.44. The zero-order chi connectivity index (χ0) is 18.1. The van der Waals surface area contributed by atoms with Crippen LogP contribution in [0.2, 0.25) is 10.0 Å². The van der Waals surface area contributed by atoms with Crippen LogP contribution in [0.1, 0.15) is 11.1 Å². The fourth-order valence-electron chi connectivity index (χ4n) is 1.87. The van der Waals surface area contributed by atoms with Crippen LogP contribution in [0.4, 0.5) is 19.0 Å². The molecule has 2 rings (SSSR count). The smallest absolute Gasteiger partial charge is 0.248 e. The van der Waals surface area contributed by atoms with E-state index in [0.717, 1.165) is 10.6 Å². The third kappa shape index (κ3) is 4.52. The highest BCUT2D eigenvalue weighted by atomic mass is 35.5. The fourth-order valence-corrected chi connectivity index (χ4v) is 3.16. The molecule has 130 valence electrons. The third-order valence-corrected chi connectivity index (χ3v) is 4.66. The fraction of sp³-hybridized carbons (Fsp3) is 0.214. The molecule has 0 amide bonds. The molecule has 0 aliphatic heterocycles. The maximum atomic E-state index is 12.7. The molecule has 0 aliphatic carbocycles. The van der Waals surface area contributed by atoms with Crippen molar-refractivity contribution in [2.75, 3.05) is 10.6 Å². The first-order valence-corrected chi connectivity index (χ1v) is 9.04. The lowest BCUT2D eigenvalue weighted by molar-refractivity contribution is -0.137. The number of pyridine rings is 1. The van der Waals surface area contributed by atoms with E-state index in [1.165, 1.54) is 0 Å². The van der Waals surface area contributed by atoms with Gasteiger partial charge in [0.05, 0.1) is 23.4 Å². The quantitative estimate of drug-likeness (QED) is 0.767. The number of sulfonamides is 1. The van der Waals surface area contributed by atoms with Gasteiger partial charge in [0, 0.05) is 11.2 Å². The van der Waals surface area contributed by atoms with Crippen LogP contribution in [0.15, 0.2) is 36.5 Å². The van der Waals surface area contributed by atoms with Crippen LogP contribution in [-0.2, 0) is 22.7 Å². The molecule has 0 saturated heterocycles. The van der Waals surface area contributed by atoms with E-state index >= 15 is 0 Å². The summed E-state index contributed by atoms with van der Waals surface area (Å²) in [5.41, 5.74) is -0.487. The molecule has 0 aliphatic rings. The van der Waals surface area contributed by atoms with E-state index in [2.05, 4.69) is 4.98 Å². The second-order valence-electron chi connectivity index (χ2n) is 4.92. The molecule has 1 heterocycles. The SMILES string of the molecule is CS(=O)(=O)N(Cc1ccc(Cl)cc1)c1ncc(C(F)(F)F)cc1Cl. The molecular formula is C14H11Cl2F3N2O2S. The second kappa shape index (κ2) is 6.78. The second-order valence-corrected chi connectivity index (χ2v) is 7.67. The van der Waals surface area contributed by atoms with Crippen molar-refractivity contribution in [2.24, 2.45) is 0 Å². The molecule has 0 N–H and O–H groups in total. The van der Waals surface area contributed by atoms with E-state index in [1.807, 2.05) is 0 Å². The highest BCUT2D eigenvalue weighted by Gasteiger charge is 2.32. The van der Waals surface area contributed by atoms with Gasteiger partial charge in [0.15, 0.2) is 5.82 Å². The van der Waals surface area contributed by atoms with Gasteiger partial charge in [0.2, 0.25) is 10.0 Å². The van der Waals surface area contributed by atoms with Crippen LogP contribution < -0.4 is 4.31 Å². The van der Waals surface area contributed by atoms with Crippen molar-refractivity contribution < 1.29 is 21.6 Å². The van der Waals surface area contributed by atoms with Gasteiger partial charge in [-0.25, -0.2) is 17.7 Å². The van der Waals surface area contributed by atoms with Gasteiger partial charge < -0.3 is 0 Å².